The number of hydrogen-bond donors (Lipinski definition) is 1. The number of rotatable bonds is 7. The summed E-state index contributed by atoms with van der Waals surface area (Å²) in [6.07, 6.45) is 3.06. The highest BCUT2D eigenvalue weighted by Crippen LogP contribution is 2.29. The molecule has 1 atom stereocenters. The maximum atomic E-state index is 12.5. The van der Waals surface area contributed by atoms with Crippen molar-refractivity contribution in [2.75, 3.05) is 6.61 Å². The highest BCUT2D eigenvalue weighted by molar-refractivity contribution is 5.97. The molecule has 0 amide bonds. The Morgan fingerprint density at radius 2 is 1.55 bits per heavy atom. The molecule has 1 unspecified atom stereocenters. The standard InChI is InChI=1S/C20H22O2/c1-2-19(16-9-5-3-6-10-16)18(13-14-21)15-20(22)17-11-7-4-8-12-17/h2-12,18,21H,13-15H2,1H3/b19-2+. The molecule has 114 valence electrons. The summed E-state index contributed by atoms with van der Waals surface area (Å²) in [7, 11) is 0. The van der Waals surface area contributed by atoms with Crippen molar-refractivity contribution in [3.63, 3.8) is 0 Å². The zero-order valence-corrected chi connectivity index (χ0v) is 12.9. The van der Waals surface area contributed by atoms with E-state index in [-0.39, 0.29) is 18.3 Å². The fraction of sp³-hybridized carbons (Fsp3) is 0.250. The van der Waals surface area contributed by atoms with Gasteiger partial charge in [-0.1, -0.05) is 66.7 Å². The van der Waals surface area contributed by atoms with Crippen molar-refractivity contribution in [3.8, 4) is 0 Å². The molecule has 0 aromatic heterocycles. The Morgan fingerprint density at radius 1 is 1.00 bits per heavy atom. The van der Waals surface area contributed by atoms with Crippen LogP contribution in [0.15, 0.2) is 66.7 Å². The van der Waals surface area contributed by atoms with Crippen LogP contribution in [0, 0.1) is 5.92 Å². The molecule has 2 rings (SSSR count). The molecule has 0 bridgehead atoms. The summed E-state index contributed by atoms with van der Waals surface area (Å²) in [5.41, 5.74) is 2.97. The van der Waals surface area contributed by atoms with Crippen LogP contribution in [0.5, 0.6) is 0 Å². The molecule has 2 aromatic rings. The second-order valence-corrected chi connectivity index (χ2v) is 5.31. The molecule has 0 fully saturated rings. The Morgan fingerprint density at radius 3 is 2.05 bits per heavy atom. The number of benzene rings is 2. The molecule has 0 saturated carbocycles. The van der Waals surface area contributed by atoms with E-state index in [4.69, 9.17) is 0 Å². The SMILES string of the molecule is C/C=C(\c1ccccc1)C(CCO)CC(=O)c1ccccc1. The van der Waals surface area contributed by atoms with Crippen LogP contribution < -0.4 is 0 Å². The lowest BCUT2D eigenvalue weighted by Crippen LogP contribution is -2.12. The maximum Gasteiger partial charge on any atom is 0.163 e. The summed E-state index contributed by atoms with van der Waals surface area (Å²) >= 11 is 0. The second kappa shape index (κ2) is 8.30. The fourth-order valence-corrected chi connectivity index (χ4v) is 2.76. The normalized spacial score (nSPS) is 12.9. The average Bonchev–Trinajstić information content (AvgIpc) is 2.57. The van der Waals surface area contributed by atoms with Crippen LogP contribution >= 0.6 is 0 Å². The number of Topliss-reactive ketones (excluding diaryl/α,β-unsaturated/α-hetero) is 1. The molecule has 2 heteroatoms. The number of ketones is 1. The van der Waals surface area contributed by atoms with Gasteiger partial charge in [-0.05, 0) is 30.4 Å². The number of allylic oxidation sites excluding steroid dienone is 2. The van der Waals surface area contributed by atoms with E-state index in [2.05, 4.69) is 0 Å². The first-order valence-corrected chi connectivity index (χ1v) is 7.67. The molecule has 0 spiro atoms. The summed E-state index contributed by atoms with van der Waals surface area (Å²) in [5.74, 6) is 0.152. The molecule has 0 aliphatic rings. The van der Waals surface area contributed by atoms with E-state index in [1.807, 2.05) is 73.7 Å². The molecule has 1 N–H and O–H groups in total. The number of aliphatic hydroxyl groups excluding tert-OH is 1. The Labute approximate surface area is 132 Å². The Balaban J connectivity index is 2.20. The minimum atomic E-state index is 0.0325. The van der Waals surface area contributed by atoms with Crippen LogP contribution in [0.4, 0.5) is 0 Å². The second-order valence-electron chi connectivity index (χ2n) is 5.31. The van der Waals surface area contributed by atoms with Crippen LogP contribution in [0.2, 0.25) is 0 Å². The monoisotopic (exact) mass is 294 g/mol. The van der Waals surface area contributed by atoms with Crippen LogP contribution in [0.3, 0.4) is 0 Å². The van der Waals surface area contributed by atoms with Gasteiger partial charge in [0.1, 0.15) is 0 Å². The zero-order valence-electron chi connectivity index (χ0n) is 12.9. The van der Waals surface area contributed by atoms with E-state index >= 15 is 0 Å². The van der Waals surface area contributed by atoms with Crippen LogP contribution in [0.1, 0.15) is 35.7 Å². The number of carbonyl (C=O) groups is 1. The van der Waals surface area contributed by atoms with E-state index in [9.17, 15) is 9.90 Å². The average molecular weight is 294 g/mol. The van der Waals surface area contributed by atoms with Gasteiger partial charge in [0, 0.05) is 18.6 Å². The van der Waals surface area contributed by atoms with Gasteiger partial charge in [0.2, 0.25) is 0 Å². The third kappa shape index (κ3) is 4.15. The van der Waals surface area contributed by atoms with Crippen molar-refractivity contribution in [3.05, 3.63) is 77.9 Å². The minimum absolute atomic E-state index is 0.0325. The van der Waals surface area contributed by atoms with Gasteiger partial charge in [0.15, 0.2) is 5.78 Å². The molecular formula is C20H22O2. The van der Waals surface area contributed by atoms with Gasteiger partial charge in [-0.3, -0.25) is 4.79 Å². The topological polar surface area (TPSA) is 37.3 Å². The molecule has 0 saturated heterocycles. The smallest absolute Gasteiger partial charge is 0.163 e. The molecule has 2 nitrogen and oxygen atoms in total. The van der Waals surface area contributed by atoms with Gasteiger partial charge in [-0.15, -0.1) is 0 Å². The Kier molecular flexibility index (Phi) is 6.11. The number of aliphatic hydroxyl groups is 1. The first-order chi connectivity index (χ1) is 10.8. The summed E-state index contributed by atoms with van der Waals surface area (Å²) < 4.78 is 0. The van der Waals surface area contributed by atoms with Crippen molar-refractivity contribution >= 4 is 11.4 Å². The first kappa shape index (κ1) is 16.2. The molecule has 0 aliphatic carbocycles. The fourth-order valence-electron chi connectivity index (χ4n) is 2.76. The van der Waals surface area contributed by atoms with Gasteiger partial charge in [-0.2, -0.15) is 0 Å². The minimum Gasteiger partial charge on any atom is -0.396 e. The van der Waals surface area contributed by atoms with E-state index in [0.29, 0.717) is 12.8 Å². The molecule has 0 radical (unpaired) electrons. The van der Waals surface area contributed by atoms with E-state index in [1.54, 1.807) is 0 Å². The Hall–Kier alpha value is -2.19. The Bertz CT molecular complexity index is 615. The van der Waals surface area contributed by atoms with Crippen molar-refractivity contribution in [2.24, 2.45) is 5.92 Å². The number of hydrogen-bond acceptors (Lipinski definition) is 2. The highest BCUT2D eigenvalue weighted by atomic mass is 16.3. The predicted octanol–water partition coefficient (Wildman–Crippen LogP) is 4.36. The van der Waals surface area contributed by atoms with Gasteiger partial charge in [0.05, 0.1) is 0 Å². The number of carbonyl (C=O) groups excluding carboxylic acids is 1. The molecule has 2 aromatic carbocycles. The summed E-state index contributed by atoms with van der Waals surface area (Å²) in [5, 5.41) is 9.37. The lowest BCUT2D eigenvalue weighted by atomic mass is 9.85. The van der Waals surface area contributed by atoms with Crippen LogP contribution in [-0.2, 0) is 0 Å². The van der Waals surface area contributed by atoms with E-state index in [1.165, 1.54) is 0 Å². The molecule has 22 heavy (non-hydrogen) atoms. The largest absolute Gasteiger partial charge is 0.396 e. The lowest BCUT2D eigenvalue weighted by molar-refractivity contribution is 0.0965. The third-order valence-electron chi connectivity index (χ3n) is 3.86. The predicted molar refractivity (Wildman–Crippen MR) is 90.7 cm³/mol. The molecule has 0 heterocycles. The van der Waals surface area contributed by atoms with Gasteiger partial charge in [0.25, 0.3) is 0 Å². The zero-order chi connectivity index (χ0) is 15.8. The van der Waals surface area contributed by atoms with Crippen LogP contribution in [0.25, 0.3) is 5.57 Å². The van der Waals surface area contributed by atoms with E-state index < -0.39 is 0 Å². The maximum absolute atomic E-state index is 12.5. The lowest BCUT2D eigenvalue weighted by Gasteiger charge is -2.19. The van der Waals surface area contributed by atoms with Crippen molar-refractivity contribution in [2.45, 2.75) is 19.8 Å². The van der Waals surface area contributed by atoms with Gasteiger partial charge < -0.3 is 5.11 Å². The van der Waals surface area contributed by atoms with Gasteiger partial charge >= 0.3 is 0 Å². The summed E-state index contributed by atoms with van der Waals surface area (Å²) in [6, 6.07) is 19.4. The molecule has 0 aliphatic heterocycles. The third-order valence-corrected chi connectivity index (χ3v) is 3.86. The van der Waals surface area contributed by atoms with Gasteiger partial charge in [-0.25, -0.2) is 0 Å². The van der Waals surface area contributed by atoms with Crippen molar-refractivity contribution in [1.82, 2.24) is 0 Å². The van der Waals surface area contributed by atoms with Crippen molar-refractivity contribution < 1.29 is 9.90 Å². The van der Waals surface area contributed by atoms with Crippen molar-refractivity contribution in [1.29, 1.82) is 0 Å². The highest BCUT2D eigenvalue weighted by Gasteiger charge is 2.19. The summed E-state index contributed by atoms with van der Waals surface area (Å²) in [6.45, 7) is 2.07. The molecular weight excluding hydrogens is 272 g/mol. The quantitative estimate of drug-likeness (QED) is 0.770. The summed E-state index contributed by atoms with van der Waals surface area (Å²) in [4.78, 5) is 12.5. The first-order valence-electron chi connectivity index (χ1n) is 7.67. The van der Waals surface area contributed by atoms with Crippen LogP contribution in [-0.4, -0.2) is 17.5 Å². The van der Waals surface area contributed by atoms with E-state index in [0.717, 1.165) is 16.7 Å².